The number of carbonyl (C=O) groups excluding carboxylic acids is 1. The van der Waals surface area contributed by atoms with E-state index in [0.717, 1.165) is 23.5 Å². The van der Waals surface area contributed by atoms with Gasteiger partial charge in [0.15, 0.2) is 17.0 Å². The summed E-state index contributed by atoms with van der Waals surface area (Å²) in [5.41, 5.74) is -0.707. The van der Waals surface area contributed by atoms with Gasteiger partial charge in [0.2, 0.25) is 5.43 Å². The van der Waals surface area contributed by atoms with E-state index in [9.17, 15) is 23.5 Å². The second-order valence-electron chi connectivity index (χ2n) is 4.83. The van der Waals surface area contributed by atoms with Crippen molar-refractivity contribution in [3.05, 3.63) is 62.5 Å². The zero-order valence-electron chi connectivity index (χ0n) is 11.9. The molecule has 3 aromatic rings. The molecule has 0 atom stereocenters. The van der Waals surface area contributed by atoms with Crippen LogP contribution >= 0.6 is 11.3 Å². The summed E-state index contributed by atoms with van der Waals surface area (Å²) in [6, 6.07) is 3.22. The van der Waals surface area contributed by atoms with Crippen LogP contribution in [-0.2, 0) is 6.42 Å². The fourth-order valence-electron chi connectivity index (χ4n) is 2.04. The molecule has 0 saturated carbocycles. The molecule has 122 valence electrons. The number of benzene rings is 1. The van der Waals surface area contributed by atoms with E-state index in [0.29, 0.717) is 11.3 Å². The molecule has 0 aliphatic rings. The molecule has 3 rings (SSSR count). The second kappa shape index (κ2) is 6.28. The Morgan fingerprint density at radius 1 is 1.29 bits per heavy atom. The van der Waals surface area contributed by atoms with Crippen LogP contribution in [0.4, 0.5) is 8.78 Å². The Balaban J connectivity index is 1.92. The van der Waals surface area contributed by atoms with E-state index in [1.54, 1.807) is 0 Å². The fraction of sp³-hybridized carbons (Fsp3) is 0.0667. The minimum atomic E-state index is -0.758. The van der Waals surface area contributed by atoms with Crippen molar-refractivity contribution in [2.45, 2.75) is 6.42 Å². The number of hydrogen-bond acceptors (Lipinski definition) is 6. The number of aromatic nitrogens is 3. The van der Waals surface area contributed by atoms with Crippen LogP contribution in [-0.4, -0.2) is 26.6 Å². The van der Waals surface area contributed by atoms with E-state index in [1.165, 1.54) is 12.3 Å². The summed E-state index contributed by atoms with van der Waals surface area (Å²) < 4.78 is 26.6. The number of H-pyrrole nitrogens is 1. The topological polar surface area (TPSA) is 95.9 Å². The number of halogens is 2. The Bertz CT molecular complexity index is 984. The largest absolute Gasteiger partial charge is 0.503 e. The van der Waals surface area contributed by atoms with Crippen LogP contribution in [0.5, 0.6) is 5.75 Å². The van der Waals surface area contributed by atoms with Crippen LogP contribution in [0.25, 0.3) is 10.6 Å². The minimum absolute atomic E-state index is 0.0430. The molecule has 2 N–H and O–H groups in total. The molecule has 0 amide bonds. The lowest BCUT2D eigenvalue weighted by Gasteiger charge is -2.00. The summed E-state index contributed by atoms with van der Waals surface area (Å²) in [5.74, 6) is -2.08. The predicted molar refractivity (Wildman–Crippen MR) is 82.2 cm³/mol. The average molecular weight is 349 g/mol. The molecule has 0 radical (unpaired) electrons. The maximum absolute atomic E-state index is 13.7. The quantitative estimate of drug-likeness (QED) is 0.705. The van der Waals surface area contributed by atoms with Crippen molar-refractivity contribution in [1.82, 2.24) is 15.2 Å². The summed E-state index contributed by atoms with van der Waals surface area (Å²) in [4.78, 5) is 25.2. The summed E-state index contributed by atoms with van der Waals surface area (Å²) in [5, 5.41) is 18.0. The van der Waals surface area contributed by atoms with Gasteiger partial charge < -0.3 is 10.1 Å². The smallest absolute Gasteiger partial charge is 0.234 e. The Hall–Kier alpha value is -2.94. The number of aldehydes is 1. The molecule has 0 saturated heterocycles. The molecule has 0 bridgehead atoms. The van der Waals surface area contributed by atoms with Crippen molar-refractivity contribution >= 4 is 17.6 Å². The molecule has 24 heavy (non-hydrogen) atoms. The third-order valence-corrected chi connectivity index (χ3v) is 4.22. The van der Waals surface area contributed by atoms with E-state index in [2.05, 4.69) is 15.2 Å². The Morgan fingerprint density at radius 2 is 2.08 bits per heavy atom. The van der Waals surface area contributed by atoms with Gasteiger partial charge in [-0.15, -0.1) is 10.2 Å². The highest BCUT2D eigenvalue weighted by Crippen LogP contribution is 2.24. The van der Waals surface area contributed by atoms with Crippen LogP contribution in [0, 0.1) is 11.6 Å². The van der Waals surface area contributed by atoms with Crippen LogP contribution in [0.1, 0.15) is 21.1 Å². The Labute approximate surface area is 137 Å². The van der Waals surface area contributed by atoms with Gasteiger partial charge in [0.05, 0.1) is 5.56 Å². The maximum atomic E-state index is 13.7. The van der Waals surface area contributed by atoms with Crippen molar-refractivity contribution < 1.29 is 18.7 Å². The van der Waals surface area contributed by atoms with Gasteiger partial charge in [-0.1, -0.05) is 17.4 Å². The minimum Gasteiger partial charge on any atom is -0.503 e. The lowest BCUT2D eigenvalue weighted by atomic mass is 10.1. The molecule has 0 fully saturated rings. The normalized spacial score (nSPS) is 10.8. The van der Waals surface area contributed by atoms with Gasteiger partial charge in [0, 0.05) is 18.7 Å². The summed E-state index contributed by atoms with van der Waals surface area (Å²) in [6.45, 7) is 0. The SMILES string of the molecule is O=Cc1[nH]cc(-c2nnc(Cc3ccc(F)cc3F)s2)c(=O)c1O. The average Bonchev–Trinajstić information content (AvgIpc) is 3.01. The third-order valence-electron chi connectivity index (χ3n) is 3.26. The van der Waals surface area contributed by atoms with Crippen LogP contribution < -0.4 is 5.43 Å². The van der Waals surface area contributed by atoms with Crippen molar-refractivity contribution in [2.24, 2.45) is 0 Å². The molecule has 1 aromatic carbocycles. The van der Waals surface area contributed by atoms with Crippen molar-refractivity contribution in [3.63, 3.8) is 0 Å². The Morgan fingerprint density at radius 3 is 2.79 bits per heavy atom. The molecule has 9 heteroatoms. The fourth-order valence-corrected chi connectivity index (χ4v) is 2.92. The standard InChI is InChI=1S/C15H9F2N3O3S/c16-8-2-1-7(10(17)4-8)3-12-19-20-15(24-12)9-5-18-11(6-21)14(23)13(9)22/h1-2,4-6,23H,3H2,(H,18,22). The summed E-state index contributed by atoms with van der Waals surface area (Å²) in [7, 11) is 0. The van der Waals surface area contributed by atoms with Crippen LogP contribution in [0.2, 0.25) is 0 Å². The first-order chi connectivity index (χ1) is 11.5. The van der Waals surface area contributed by atoms with Gasteiger partial charge in [0.1, 0.15) is 22.3 Å². The number of nitrogens with zero attached hydrogens (tertiary/aromatic N) is 2. The molecule has 6 nitrogen and oxygen atoms in total. The summed E-state index contributed by atoms with van der Waals surface area (Å²) >= 11 is 1.03. The lowest BCUT2D eigenvalue weighted by molar-refractivity contribution is 0.111. The van der Waals surface area contributed by atoms with E-state index >= 15 is 0 Å². The molecule has 2 aromatic heterocycles. The number of aromatic amines is 1. The first-order valence-electron chi connectivity index (χ1n) is 6.66. The first kappa shape index (κ1) is 15.9. The Kier molecular flexibility index (Phi) is 4.17. The number of carbonyl (C=O) groups is 1. The van der Waals surface area contributed by atoms with E-state index < -0.39 is 22.8 Å². The van der Waals surface area contributed by atoms with Gasteiger partial charge in [-0.25, -0.2) is 8.78 Å². The maximum Gasteiger partial charge on any atom is 0.234 e. The van der Waals surface area contributed by atoms with E-state index in [-0.39, 0.29) is 28.2 Å². The van der Waals surface area contributed by atoms with Crippen molar-refractivity contribution in [2.75, 3.05) is 0 Å². The highest BCUT2D eigenvalue weighted by molar-refractivity contribution is 7.14. The van der Waals surface area contributed by atoms with E-state index in [1.807, 2.05) is 0 Å². The molecule has 0 aliphatic heterocycles. The highest BCUT2D eigenvalue weighted by Gasteiger charge is 2.16. The molecule has 2 heterocycles. The van der Waals surface area contributed by atoms with Gasteiger partial charge in [-0.3, -0.25) is 9.59 Å². The summed E-state index contributed by atoms with van der Waals surface area (Å²) in [6.07, 6.45) is 1.65. The zero-order valence-corrected chi connectivity index (χ0v) is 12.7. The third kappa shape index (κ3) is 2.93. The first-order valence-corrected chi connectivity index (χ1v) is 7.47. The number of aromatic hydroxyl groups is 1. The number of pyridine rings is 1. The van der Waals surface area contributed by atoms with Crippen LogP contribution in [0.3, 0.4) is 0 Å². The van der Waals surface area contributed by atoms with Gasteiger partial charge >= 0.3 is 0 Å². The van der Waals surface area contributed by atoms with Gasteiger partial charge in [-0.05, 0) is 11.6 Å². The van der Waals surface area contributed by atoms with Gasteiger partial charge in [0.25, 0.3) is 0 Å². The van der Waals surface area contributed by atoms with Gasteiger partial charge in [-0.2, -0.15) is 0 Å². The highest BCUT2D eigenvalue weighted by atomic mass is 32.1. The molecular formula is C15H9F2N3O3S. The zero-order chi connectivity index (χ0) is 17.3. The van der Waals surface area contributed by atoms with E-state index in [4.69, 9.17) is 0 Å². The van der Waals surface area contributed by atoms with Crippen molar-refractivity contribution in [1.29, 1.82) is 0 Å². The molecule has 0 aliphatic carbocycles. The molecular weight excluding hydrogens is 340 g/mol. The number of rotatable bonds is 4. The van der Waals surface area contributed by atoms with Crippen molar-refractivity contribution in [3.8, 4) is 16.3 Å². The lowest BCUT2D eigenvalue weighted by Crippen LogP contribution is -2.08. The second-order valence-corrected chi connectivity index (χ2v) is 5.89. The molecule has 0 unspecified atom stereocenters. The molecule has 0 spiro atoms. The monoisotopic (exact) mass is 349 g/mol. The predicted octanol–water partition coefficient (Wildman–Crippen LogP) is 2.28. The van der Waals surface area contributed by atoms with Crippen LogP contribution in [0.15, 0.2) is 29.2 Å². The number of hydrogen-bond donors (Lipinski definition) is 2. The number of nitrogens with one attached hydrogen (secondary N) is 1.